The quantitative estimate of drug-likeness (QED) is 0.676. The highest BCUT2D eigenvalue weighted by molar-refractivity contribution is 6.31. The zero-order chi connectivity index (χ0) is 14.8. The van der Waals surface area contributed by atoms with Crippen LogP contribution in [0.4, 0.5) is 0 Å². The molecule has 0 bridgehead atoms. The predicted octanol–water partition coefficient (Wildman–Crippen LogP) is 3.84. The van der Waals surface area contributed by atoms with Crippen LogP contribution in [-0.4, -0.2) is 11.3 Å². The van der Waals surface area contributed by atoms with Crippen LogP contribution in [0.15, 0.2) is 64.5 Å². The van der Waals surface area contributed by atoms with E-state index >= 15 is 0 Å². The van der Waals surface area contributed by atoms with E-state index in [0.29, 0.717) is 22.5 Å². The number of aromatic nitrogens is 1. The summed E-state index contributed by atoms with van der Waals surface area (Å²) in [4.78, 5) is 16.3. The molecule has 0 atom stereocenters. The Morgan fingerprint density at radius 3 is 2.62 bits per heavy atom. The summed E-state index contributed by atoms with van der Waals surface area (Å²) >= 11 is 6.09. The average molecular weight is 297 g/mol. The fraction of sp³-hybridized carbons (Fsp3) is 0.0588. The molecule has 0 radical (unpaired) electrons. The summed E-state index contributed by atoms with van der Waals surface area (Å²) in [7, 11) is 0. The topological polar surface area (TPSA) is 34.4 Å². The van der Waals surface area contributed by atoms with Crippen LogP contribution in [0.3, 0.4) is 0 Å². The maximum absolute atomic E-state index is 12.5. The standard InChI is InChI=1S/C17H13ClN2O/c1-19-10-12-11-20(14-5-3-2-4-6-14)16-9-13(18)7-8-15(16)17(12)21/h2-9,11H,1,10H2. The Morgan fingerprint density at radius 1 is 1.14 bits per heavy atom. The van der Waals surface area contributed by atoms with E-state index in [9.17, 15) is 4.79 Å². The van der Waals surface area contributed by atoms with Crippen molar-refractivity contribution in [3.63, 3.8) is 0 Å². The maximum atomic E-state index is 12.5. The van der Waals surface area contributed by atoms with Gasteiger partial charge in [-0.2, -0.15) is 0 Å². The molecule has 1 aromatic heterocycles. The first kappa shape index (κ1) is 13.6. The summed E-state index contributed by atoms with van der Waals surface area (Å²) < 4.78 is 1.96. The molecule has 0 aliphatic carbocycles. The molecule has 0 fully saturated rings. The van der Waals surface area contributed by atoms with Gasteiger partial charge in [-0.1, -0.05) is 29.8 Å². The second-order valence-corrected chi connectivity index (χ2v) is 5.17. The van der Waals surface area contributed by atoms with Gasteiger partial charge in [0.25, 0.3) is 0 Å². The minimum Gasteiger partial charge on any atom is -0.316 e. The first-order chi connectivity index (χ1) is 10.2. The Hall–Kier alpha value is -2.39. The van der Waals surface area contributed by atoms with Crippen LogP contribution in [-0.2, 0) is 6.54 Å². The lowest BCUT2D eigenvalue weighted by molar-refractivity contribution is 1.00. The zero-order valence-electron chi connectivity index (χ0n) is 11.3. The first-order valence-corrected chi connectivity index (χ1v) is 6.90. The molecule has 1 heterocycles. The highest BCUT2D eigenvalue weighted by Crippen LogP contribution is 2.21. The van der Waals surface area contributed by atoms with E-state index in [-0.39, 0.29) is 5.43 Å². The predicted molar refractivity (Wildman–Crippen MR) is 87.8 cm³/mol. The Morgan fingerprint density at radius 2 is 1.90 bits per heavy atom. The summed E-state index contributed by atoms with van der Waals surface area (Å²) in [5, 5.41) is 1.23. The number of rotatable bonds is 3. The van der Waals surface area contributed by atoms with Gasteiger partial charge in [0.1, 0.15) is 0 Å². The molecule has 104 valence electrons. The van der Waals surface area contributed by atoms with Crippen molar-refractivity contribution in [3.8, 4) is 5.69 Å². The van der Waals surface area contributed by atoms with Gasteiger partial charge in [0, 0.05) is 27.9 Å². The summed E-state index contributed by atoms with van der Waals surface area (Å²) in [6, 6.07) is 15.1. The van der Waals surface area contributed by atoms with Crippen LogP contribution >= 0.6 is 11.6 Å². The van der Waals surface area contributed by atoms with Gasteiger partial charge in [-0.05, 0) is 37.0 Å². The van der Waals surface area contributed by atoms with Crippen LogP contribution < -0.4 is 5.43 Å². The van der Waals surface area contributed by atoms with Crippen molar-refractivity contribution in [1.82, 2.24) is 4.57 Å². The van der Waals surface area contributed by atoms with Crippen molar-refractivity contribution >= 4 is 29.2 Å². The highest BCUT2D eigenvalue weighted by Gasteiger charge is 2.10. The van der Waals surface area contributed by atoms with Gasteiger partial charge < -0.3 is 4.57 Å². The summed E-state index contributed by atoms with van der Waals surface area (Å²) in [5.41, 5.74) is 2.34. The number of hydrogen-bond acceptors (Lipinski definition) is 2. The Kier molecular flexibility index (Phi) is 3.59. The smallest absolute Gasteiger partial charge is 0.194 e. The molecular weight excluding hydrogens is 284 g/mol. The molecule has 0 unspecified atom stereocenters. The van der Waals surface area contributed by atoms with E-state index in [4.69, 9.17) is 11.6 Å². The number of halogens is 1. The van der Waals surface area contributed by atoms with Gasteiger partial charge in [-0.3, -0.25) is 9.79 Å². The average Bonchev–Trinajstić information content (AvgIpc) is 2.51. The minimum atomic E-state index is -0.0266. The van der Waals surface area contributed by atoms with Gasteiger partial charge in [-0.15, -0.1) is 0 Å². The zero-order valence-corrected chi connectivity index (χ0v) is 12.0. The van der Waals surface area contributed by atoms with Gasteiger partial charge in [0.2, 0.25) is 0 Å². The van der Waals surface area contributed by atoms with Crippen LogP contribution in [0.2, 0.25) is 5.02 Å². The number of para-hydroxylation sites is 1. The van der Waals surface area contributed by atoms with Crippen LogP contribution in [0.25, 0.3) is 16.6 Å². The van der Waals surface area contributed by atoms with Crippen molar-refractivity contribution in [3.05, 3.63) is 75.5 Å². The van der Waals surface area contributed by atoms with Crippen molar-refractivity contribution in [2.75, 3.05) is 0 Å². The molecule has 0 aliphatic heterocycles. The van der Waals surface area contributed by atoms with Gasteiger partial charge in [-0.25, -0.2) is 0 Å². The second kappa shape index (κ2) is 5.54. The lowest BCUT2D eigenvalue weighted by atomic mass is 10.1. The largest absolute Gasteiger partial charge is 0.316 e. The molecule has 0 N–H and O–H groups in total. The molecule has 3 aromatic rings. The fourth-order valence-corrected chi connectivity index (χ4v) is 2.55. The Balaban J connectivity index is 2.41. The molecule has 0 aliphatic rings. The number of fused-ring (bicyclic) bond motifs is 1. The molecule has 0 saturated carbocycles. The van der Waals surface area contributed by atoms with Gasteiger partial charge in [0.05, 0.1) is 12.1 Å². The van der Waals surface area contributed by atoms with Crippen LogP contribution in [0, 0.1) is 0 Å². The highest BCUT2D eigenvalue weighted by atomic mass is 35.5. The van der Waals surface area contributed by atoms with Crippen molar-refractivity contribution in [2.24, 2.45) is 4.99 Å². The lowest BCUT2D eigenvalue weighted by Crippen LogP contribution is -2.13. The third-order valence-corrected chi connectivity index (χ3v) is 3.59. The van der Waals surface area contributed by atoms with Crippen LogP contribution in [0.5, 0.6) is 0 Å². The minimum absolute atomic E-state index is 0.0266. The van der Waals surface area contributed by atoms with E-state index in [0.717, 1.165) is 11.2 Å². The maximum Gasteiger partial charge on any atom is 0.194 e. The summed E-state index contributed by atoms with van der Waals surface area (Å²) in [5.74, 6) is 0. The number of benzene rings is 2. The molecule has 21 heavy (non-hydrogen) atoms. The monoisotopic (exact) mass is 296 g/mol. The summed E-state index contributed by atoms with van der Waals surface area (Å²) in [6.45, 7) is 3.77. The van der Waals surface area contributed by atoms with E-state index in [1.54, 1.807) is 18.2 Å². The molecule has 3 rings (SSSR count). The SMILES string of the molecule is C=NCc1cn(-c2ccccc2)c2cc(Cl)ccc2c1=O. The normalized spacial score (nSPS) is 10.7. The molecule has 0 saturated heterocycles. The third kappa shape index (κ3) is 2.48. The van der Waals surface area contributed by atoms with E-state index < -0.39 is 0 Å². The van der Waals surface area contributed by atoms with Gasteiger partial charge in [0.15, 0.2) is 5.43 Å². The van der Waals surface area contributed by atoms with E-state index in [2.05, 4.69) is 11.7 Å². The molecular formula is C17H13ClN2O. The fourth-order valence-electron chi connectivity index (χ4n) is 2.39. The number of pyridine rings is 1. The molecule has 3 nitrogen and oxygen atoms in total. The Bertz CT molecular complexity index is 869. The van der Waals surface area contributed by atoms with E-state index in [1.807, 2.05) is 41.1 Å². The summed E-state index contributed by atoms with van der Waals surface area (Å²) in [6.07, 6.45) is 1.81. The van der Waals surface area contributed by atoms with E-state index in [1.165, 1.54) is 0 Å². The van der Waals surface area contributed by atoms with Gasteiger partial charge >= 0.3 is 0 Å². The number of nitrogens with zero attached hydrogens (tertiary/aromatic N) is 2. The molecule has 2 aromatic carbocycles. The van der Waals surface area contributed by atoms with Crippen molar-refractivity contribution in [1.29, 1.82) is 0 Å². The third-order valence-electron chi connectivity index (χ3n) is 3.36. The van der Waals surface area contributed by atoms with Crippen LogP contribution in [0.1, 0.15) is 5.56 Å². The second-order valence-electron chi connectivity index (χ2n) is 4.73. The molecule has 4 heteroatoms. The number of hydrogen-bond donors (Lipinski definition) is 0. The molecule has 0 amide bonds. The Labute approximate surface area is 127 Å². The first-order valence-electron chi connectivity index (χ1n) is 6.52. The lowest BCUT2D eigenvalue weighted by Gasteiger charge is -2.13. The van der Waals surface area contributed by atoms with Crippen molar-refractivity contribution < 1.29 is 0 Å². The number of aliphatic imine (C=N–C) groups is 1. The molecule has 0 spiro atoms. The van der Waals surface area contributed by atoms with Crippen molar-refractivity contribution in [2.45, 2.75) is 6.54 Å².